The Hall–Kier alpha value is -2.47. The number of carbonyl (C=O) groups is 2. The largest absolute Gasteiger partial charge is 0.454 e. The predicted octanol–water partition coefficient (Wildman–Crippen LogP) is 4.37. The van der Waals surface area contributed by atoms with Crippen molar-refractivity contribution in [1.82, 2.24) is 0 Å². The maximum Gasteiger partial charge on any atom is 0.234 e. The highest BCUT2D eigenvalue weighted by molar-refractivity contribution is 8.00. The van der Waals surface area contributed by atoms with Gasteiger partial charge in [0.15, 0.2) is 17.3 Å². The summed E-state index contributed by atoms with van der Waals surface area (Å²) in [7, 11) is 0. The molecule has 0 bridgehead atoms. The van der Waals surface area contributed by atoms with Gasteiger partial charge in [0.1, 0.15) is 0 Å². The SMILES string of the molecule is CC(=O)c1cc2c(cc1NC(=O)CSC1CCCc3ccccc31)OCO2. The van der Waals surface area contributed by atoms with Gasteiger partial charge in [0, 0.05) is 16.9 Å². The summed E-state index contributed by atoms with van der Waals surface area (Å²) in [5.41, 5.74) is 3.63. The zero-order valence-electron chi connectivity index (χ0n) is 15.1. The highest BCUT2D eigenvalue weighted by atomic mass is 32.2. The number of hydrogen-bond donors (Lipinski definition) is 1. The van der Waals surface area contributed by atoms with Crippen LogP contribution in [0, 0.1) is 0 Å². The number of ketones is 1. The van der Waals surface area contributed by atoms with Gasteiger partial charge in [0.05, 0.1) is 11.4 Å². The van der Waals surface area contributed by atoms with Crippen molar-refractivity contribution < 1.29 is 19.1 Å². The van der Waals surface area contributed by atoms with Crippen molar-refractivity contribution in [3.8, 4) is 11.5 Å². The van der Waals surface area contributed by atoms with Crippen molar-refractivity contribution in [2.24, 2.45) is 0 Å². The minimum absolute atomic E-state index is 0.121. The lowest BCUT2D eigenvalue weighted by molar-refractivity contribution is -0.113. The minimum atomic E-state index is -0.127. The molecule has 0 fully saturated rings. The second kappa shape index (κ2) is 7.64. The fourth-order valence-electron chi connectivity index (χ4n) is 3.58. The topological polar surface area (TPSA) is 64.6 Å². The monoisotopic (exact) mass is 383 g/mol. The molecule has 1 heterocycles. The van der Waals surface area contributed by atoms with Gasteiger partial charge < -0.3 is 14.8 Å². The van der Waals surface area contributed by atoms with Crippen LogP contribution in [0.2, 0.25) is 0 Å². The summed E-state index contributed by atoms with van der Waals surface area (Å²) < 4.78 is 10.7. The van der Waals surface area contributed by atoms with Crippen LogP contribution in [0.15, 0.2) is 36.4 Å². The Kier molecular flexibility index (Phi) is 5.07. The normalized spacial score (nSPS) is 17.3. The van der Waals surface area contributed by atoms with Crippen LogP contribution < -0.4 is 14.8 Å². The first-order valence-corrected chi connectivity index (χ1v) is 10.1. The molecule has 0 radical (unpaired) electrons. The van der Waals surface area contributed by atoms with Gasteiger partial charge in [-0.1, -0.05) is 24.3 Å². The molecule has 1 atom stereocenters. The van der Waals surface area contributed by atoms with E-state index in [1.165, 1.54) is 18.1 Å². The number of Topliss-reactive ketones (excluding diaryl/α,β-unsaturated/α-hetero) is 1. The maximum atomic E-state index is 12.5. The Balaban J connectivity index is 1.44. The van der Waals surface area contributed by atoms with Crippen LogP contribution in [-0.2, 0) is 11.2 Å². The van der Waals surface area contributed by atoms with Gasteiger partial charge in [-0.3, -0.25) is 9.59 Å². The number of amides is 1. The highest BCUT2D eigenvalue weighted by Gasteiger charge is 2.23. The van der Waals surface area contributed by atoms with Gasteiger partial charge in [0.2, 0.25) is 12.7 Å². The Morgan fingerprint density at radius 2 is 1.96 bits per heavy atom. The number of aryl methyl sites for hydroxylation is 1. The maximum absolute atomic E-state index is 12.5. The van der Waals surface area contributed by atoms with Gasteiger partial charge in [-0.2, -0.15) is 0 Å². The lowest BCUT2D eigenvalue weighted by Gasteiger charge is -2.24. The van der Waals surface area contributed by atoms with Crippen LogP contribution in [0.1, 0.15) is 46.5 Å². The number of thioether (sulfide) groups is 1. The number of anilines is 1. The van der Waals surface area contributed by atoms with Gasteiger partial charge in [-0.05, 0) is 43.4 Å². The van der Waals surface area contributed by atoms with E-state index < -0.39 is 0 Å². The smallest absolute Gasteiger partial charge is 0.234 e. The zero-order chi connectivity index (χ0) is 18.8. The van der Waals surface area contributed by atoms with E-state index in [4.69, 9.17) is 9.47 Å². The number of benzene rings is 2. The average Bonchev–Trinajstić information content (AvgIpc) is 3.13. The second-order valence-corrected chi connectivity index (χ2v) is 7.94. The third kappa shape index (κ3) is 3.81. The number of hydrogen-bond acceptors (Lipinski definition) is 5. The van der Waals surface area contributed by atoms with Crippen LogP contribution in [0.5, 0.6) is 11.5 Å². The summed E-state index contributed by atoms with van der Waals surface area (Å²) in [6.07, 6.45) is 3.34. The van der Waals surface area contributed by atoms with Crippen molar-refractivity contribution in [1.29, 1.82) is 0 Å². The van der Waals surface area contributed by atoms with Crippen molar-refractivity contribution in [2.75, 3.05) is 17.9 Å². The summed E-state index contributed by atoms with van der Waals surface area (Å²) in [5, 5.41) is 3.21. The molecule has 2 aromatic rings. The number of nitrogens with one attached hydrogen (secondary N) is 1. The van der Waals surface area contributed by atoms with Crippen LogP contribution in [-0.4, -0.2) is 24.2 Å². The van der Waals surface area contributed by atoms with Crippen LogP contribution in [0.4, 0.5) is 5.69 Å². The molecule has 0 spiro atoms. The molecule has 27 heavy (non-hydrogen) atoms. The first kappa shape index (κ1) is 17.9. The third-order valence-electron chi connectivity index (χ3n) is 4.90. The molecule has 1 N–H and O–H groups in total. The van der Waals surface area contributed by atoms with Crippen molar-refractivity contribution in [3.63, 3.8) is 0 Å². The second-order valence-electron chi connectivity index (χ2n) is 6.75. The number of carbonyl (C=O) groups excluding carboxylic acids is 2. The fourth-order valence-corrected chi connectivity index (χ4v) is 4.75. The van der Waals surface area contributed by atoms with Gasteiger partial charge >= 0.3 is 0 Å². The molecule has 0 saturated carbocycles. The third-order valence-corrected chi connectivity index (χ3v) is 6.22. The van der Waals surface area contributed by atoms with Crippen molar-refractivity contribution in [3.05, 3.63) is 53.1 Å². The van der Waals surface area contributed by atoms with E-state index in [1.807, 2.05) is 0 Å². The van der Waals surface area contributed by atoms with E-state index in [1.54, 1.807) is 23.9 Å². The molecule has 2 aromatic carbocycles. The van der Waals surface area contributed by atoms with Crippen molar-refractivity contribution >= 4 is 29.1 Å². The van der Waals surface area contributed by atoms with Crippen LogP contribution >= 0.6 is 11.8 Å². The standard InChI is InChI=1S/C21H21NO4S/c1-13(23)16-9-18-19(26-12-25-18)10-17(16)22-21(24)11-27-20-8-4-6-14-5-2-3-7-15(14)20/h2-3,5,7,9-10,20H,4,6,8,11-12H2,1H3,(H,22,24). The first-order valence-electron chi connectivity index (χ1n) is 9.05. The summed E-state index contributed by atoms with van der Waals surface area (Å²) in [6.45, 7) is 1.60. The van der Waals surface area contributed by atoms with E-state index in [0.29, 0.717) is 33.8 Å². The zero-order valence-corrected chi connectivity index (χ0v) is 15.9. The van der Waals surface area contributed by atoms with E-state index in [0.717, 1.165) is 19.3 Å². The van der Waals surface area contributed by atoms with Gasteiger partial charge in [-0.15, -0.1) is 11.8 Å². The van der Waals surface area contributed by atoms with E-state index >= 15 is 0 Å². The quantitative estimate of drug-likeness (QED) is 0.777. The minimum Gasteiger partial charge on any atom is -0.454 e. The first-order chi connectivity index (χ1) is 13.1. The Morgan fingerprint density at radius 1 is 1.19 bits per heavy atom. The molecule has 4 rings (SSSR count). The highest BCUT2D eigenvalue weighted by Crippen LogP contribution is 2.40. The van der Waals surface area contributed by atoms with E-state index in [2.05, 4.69) is 29.6 Å². The molecule has 1 aliphatic carbocycles. The molecular formula is C21H21NO4S. The van der Waals surface area contributed by atoms with Gasteiger partial charge in [0.25, 0.3) is 0 Å². The van der Waals surface area contributed by atoms with Crippen molar-refractivity contribution in [2.45, 2.75) is 31.4 Å². The lowest BCUT2D eigenvalue weighted by Crippen LogP contribution is -2.18. The summed E-state index contributed by atoms with van der Waals surface area (Å²) >= 11 is 1.65. The van der Waals surface area contributed by atoms with E-state index in [-0.39, 0.29) is 18.5 Å². The fraction of sp³-hybridized carbons (Fsp3) is 0.333. The average molecular weight is 383 g/mol. The van der Waals surface area contributed by atoms with E-state index in [9.17, 15) is 9.59 Å². The van der Waals surface area contributed by atoms with Crippen LogP contribution in [0.25, 0.3) is 0 Å². The molecule has 1 aliphatic heterocycles. The van der Waals surface area contributed by atoms with Gasteiger partial charge in [-0.25, -0.2) is 0 Å². The molecule has 0 saturated heterocycles. The number of rotatable bonds is 5. The molecular weight excluding hydrogens is 362 g/mol. The molecule has 140 valence electrons. The lowest BCUT2D eigenvalue weighted by atomic mass is 9.91. The summed E-state index contributed by atoms with van der Waals surface area (Å²) in [5.74, 6) is 1.17. The number of fused-ring (bicyclic) bond motifs is 2. The van der Waals surface area contributed by atoms with Crippen LogP contribution in [0.3, 0.4) is 0 Å². The molecule has 1 amide bonds. The number of ether oxygens (including phenoxy) is 2. The Labute approximate surface area is 162 Å². The summed E-state index contributed by atoms with van der Waals surface area (Å²) in [4.78, 5) is 24.5. The molecule has 5 nitrogen and oxygen atoms in total. The molecule has 2 aliphatic rings. The molecule has 6 heteroatoms. The Bertz CT molecular complexity index is 896. The summed E-state index contributed by atoms with van der Waals surface area (Å²) in [6, 6.07) is 11.8. The molecule has 0 aromatic heterocycles. The predicted molar refractivity (Wildman–Crippen MR) is 106 cm³/mol. The Morgan fingerprint density at radius 3 is 2.78 bits per heavy atom. The molecule has 1 unspecified atom stereocenters.